The third-order valence-electron chi connectivity index (χ3n) is 3.67. The molecule has 1 aliphatic rings. The number of piperidine rings is 1. The van der Waals surface area contributed by atoms with Crippen molar-refractivity contribution < 1.29 is 4.74 Å². The van der Waals surface area contributed by atoms with Crippen molar-refractivity contribution in [1.29, 1.82) is 0 Å². The van der Waals surface area contributed by atoms with Crippen LogP contribution >= 0.6 is 12.2 Å². The van der Waals surface area contributed by atoms with Gasteiger partial charge in [0.05, 0.1) is 7.11 Å². The Morgan fingerprint density at radius 2 is 2.11 bits per heavy atom. The lowest BCUT2D eigenvalue weighted by Gasteiger charge is -2.35. The van der Waals surface area contributed by atoms with Crippen LogP contribution in [-0.2, 0) is 6.54 Å². The fourth-order valence-electron chi connectivity index (χ4n) is 2.42. The van der Waals surface area contributed by atoms with Crippen LogP contribution in [-0.4, -0.2) is 29.7 Å². The van der Waals surface area contributed by atoms with Crippen LogP contribution < -0.4 is 10.1 Å². The molecule has 1 aromatic carbocycles. The summed E-state index contributed by atoms with van der Waals surface area (Å²) in [6.07, 6.45) is 3.80. The largest absolute Gasteiger partial charge is 0.497 e. The van der Waals surface area contributed by atoms with Crippen molar-refractivity contribution in [2.24, 2.45) is 0 Å². The van der Waals surface area contributed by atoms with Gasteiger partial charge in [0, 0.05) is 19.1 Å². The molecule has 1 N–H and O–H groups in total. The van der Waals surface area contributed by atoms with Gasteiger partial charge in [0.25, 0.3) is 0 Å². The second kappa shape index (κ2) is 6.75. The average molecular weight is 278 g/mol. The molecule has 1 atom stereocenters. The van der Waals surface area contributed by atoms with Crippen molar-refractivity contribution in [2.75, 3.05) is 13.7 Å². The van der Waals surface area contributed by atoms with Gasteiger partial charge < -0.3 is 15.0 Å². The minimum absolute atomic E-state index is 0.560. The summed E-state index contributed by atoms with van der Waals surface area (Å²) < 4.78 is 5.15. The molecule has 1 aromatic rings. The number of ether oxygens (including phenoxy) is 1. The Kier molecular flexibility index (Phi) is 5.02. The molecule has 3 nitrogen and oxygen atoms in total. The van der Waals surface area contributed by atoms with E-state index < -0.39 is 0 Å². The van der Waals surface area contributed by atoms with Crippen LogP contribution in [0.2, 0.25) is 0 Å². The van der Waals surface area contributed by atoms with Crippen molar-refractivity contribution >= 4 is 17.3 Å². The van der Waals surface area contributed by atoms with E-state index in [9.17, 15) is 0 Å². The van der Waals surface area contributed by atoms with Gasteiger partial charge in [-0.3, -0.25) is 0 Å². The van der Waals surface area contributed by atoms with E-state index in [1.54, 1.807) is 7.11 Å². The fourth-order valence-corrected chi connectivity index (χ4v) is 2.77. The number of hydrogen-bond donors (Lipinski definition) is 1. The molecule has 0 bridgehead atoms. The number of thiocarbonyl (C=S) groups is 1. The lowest BCUT2D eigenvalue weighted by Crippen LogP contribution is -2.47. The Hall–Kier alpha value is -1.29. The predicted octanol–water partition coefficient (Wildman–Crippen LogP) is 2.94. The van der Waals surface area contributed by atoms with Gasteiger partial charge in [0.15, 0.2) is 5.11 Å². The summed E-state index contributed by atoms with van der Waals surface area (Å²) in [6.45, 7) is 4.10. The quantitative estimate of drug-likeness (QED) is 0.859. The standard InChI is InChI=1S/C15H22N2OS/c1-12-5-3-4-10-17(12)15(19)16-11-13-6-8-14(18-2)9-7-13/h6-9,12H,3-5,10-11H2,1-2H3,(H,16,19)/t12-/m1/s1. The molecule has 104 valence electrons. The molecule has 1 fully saturated rings. The van der Waals surface area contributed by atoms with Crippen LogP contribution in [0.5, 0.6) is 5.75 Å². The Morgan fingerprint density at radius 3 is 2.74 bits per heavy atom. The predicted molar refractivity (Wildman–Crippen MR) is 82.5 cm³/mol. The highest BCUT2D eigenvalue weighted by Crippen LogP contribution is 2.16. The van der Waals surface area contributed by atoms with E-state index in [4.69, 9.17) is 17.0 Å². The van der Waals surface area contributed by atoms with E-state index in [2.05, 4.69) is 29.3 Å². The summed E-state index contributed by atoms with van der Waals surface area (Å²) in [4.78, 5) is 2.31. The van der Waals surface area contributed by atoms with E-state index >= 15 is 0 Å². The van der Waals surface area contributed by atoms with Gasteiger partial charge in [-0.25, -0.2) is 0 Å². The van der Waals surface area contributed by atoms with Gasteiger partial charge in [0.2, 0.25) is 0 Å². The highest BCUT2D eigenvalue weighted by molar-refractivity contribution is 7.80. The fraction of sp³-hybridized carbons (Fsp3) is 0.533. The van der Waals surface area contributed by atoms with Crippen molar-refractivity contribution in [1.82, 2.24) is 10.2 Å². The maximum atomic E-state index is 5.49. The molecule has 2 rings (SSSR count). The number of methoxy groups -OCH3 is 1. The second-order valence-electron chi connectivity index (χ2n) is 5.04. The van der Waals surface area contributed by atoms with Gasteiger partial charge >= 0.3 is 0 Å². The minimum Gasteiger partial charge on any atom is -0.497 e. The number of nitrogens with zero attached hydrogens (tertiary/aromatic N) is 1. The van der Waals surface area contributed by atoms with Crippen molar-refractivity contribution in [3.8, 4) is 5.75 Å². The number of benzene rings is 1. The maximum Gasteiger partial charge on any atom is 0.169 e. The summed E-state index contributed by atoms with van der Waals surface area (Å²) in [5.41, 5.74) is 1.22. The molecule has 0 unspecified atom stereocenters. The molecular weight excluding hydrogens is 256 g/mol. The molecule has 19 heavy (non-hydrogen) atoms. The Labute approximate surface area is 120 Å². The number of nitrogens with one attached hydrogen (secondary N) is 1. The zero-order valence-electron chi connectivity index (χ0n) is 11.7. The maximum absolute atomic E-state index is 5.49. The summed E-state index contributed by atoms with van der Waals surface area (Å²) >= 11 is 5.49. The lowest BCUT2D eigenvalue weighted by atomic mass is 10.0. The summed E-state index contributed by atoms with van der Waals surface area (Å²) in [7, 11) is 1.68. The third kappa shape index (κ3) is 3.83. The Bertz CT molecular complexity index is 419. The van der Waals surface area contributed by atoms with Crippen molar-refractivity contribution in [3.63, 3.8) is 0 Å². The zero-order valence-corrected chi connectivity index (χ0v) is 12.5. The van der Waals surface area contributed by atoms with Gasteiger partial charge in [-0.1, -0.05) is 12.1 Å². The van der Waals surface area contributed by atoms with Gasteiger partial charge in [-0.2, -0.15) is 0 Å². The van der Waals surface area contributed by atoms with Crippen LogP contribution in [0.25, 0.3) is 0 Å². The first-order valence-corrected chi connectivity index (χ1v) is 7.29. The van der Waals surface area contributed by atoms with E-state index in [1.165, 1.54) is 24.8 Å². The van der Waals surface area contributed by atoms with E-state index in [0.29, 0.717) is 6.04 Å². The van der Waals surface area contributed by atoms with Crippen molar-refractivity contribution in [3.05, 3.63) is 29.8 Å². The Morgan fingerprint density at radius 1 is 1.37 bits per heavy atom. The highest BCUT2D eigenvalue weighted by atomic mass is 32.1. The molecule has 1 aliphatic heterocycles. The Balaban J connectivity index is 1.85. The summed E-state index contributed by atoms with van der Waals surface area (Å²) in [6, 6.07) is 8.64. The normalized spacial score (nSPS) is 19.1. The first-order valence-electron chi connectivity index (χ1n) is 6.88. The smallest absolute Gasteiger partial charge is 0.169 e. The molecule has 0 aromatic heterocycles. The molecular formula is C15H22N2OS. The molecule has 4 heteroatoms. The number of rotatable bonds is 3. The van der Waals surface area contributed by atoms with Crippen LogP contribution in [0.15, 0.2) is 24.3 Å². The molecule has 0 aliphatic carbocycles. The molecule has 0 radical (unpaired) electrons. The van der Waals surface area contributed by atoms with Crippen molar-refractivity contribution in [2.45, 2.75) is 38.8 Å². The molecule has 0 saturated carbocycles. The SMILES string of the molecule is COc1ccc(CNC(=S)N2CCCC[C@H]2C)cc1. The minimum atomic E-state index is 0.560. The first kappa shape index (κ1) is 14.1. The zero-order chi connectivity index (χ0) is 13.7. The van der Waals surface area contributed by atoms with Gasteiger partial charge in [0.1, 0.15) is 5.75 Å². The molecule has 0 spiro atoms. The van der Waals surface area contributed by atoms with Crippen LogP contribution in [0, 0.1) is 0 Å². The van der Waals surface area contributed by atoms with E-state index in [1.807, 2.05) is 12.1 Å². The average Bonchev–Trinajstić information content (AvgIpc) is 2.46. The lowest BCUT2D eigenvalue weighted by molar-refractivity contribution is 0.255. The topological polar surface area (TPSA) is 24.5 Å². The number of likely N-dealkylation sites (tertiary alicyclic amines) is 1. The molecule has 0 amide bonds. The molecule has 1 heterocycles. The second-order valence-corrected chi connectivity index (χ2v) is 5.43. The van der Waals surface area contributed by atoms with Gasteiger partial charge in [-0.15, -0.1) is 0 Å². The van der Waals surface area contributed by atoms with E-state index in [0.717, 1.165) is 24.0 Å². The third-order valence-corrected chi connectivity index (χ3v) is 4.05. The van der Waals surface area contributed by atoms with Gasteiger partial charge in [-0.05, 0) is 56.1 Å². The first-order chi connectivity index (χ1) is 9.20. The molecule has 1 saturated heterocycles. The van der Waals surface area contributed by atoms with Crippen LogP contribution in [0.1, 0.15) is 31.7 Å². The summed E-state index contributed by atoms with van der Waals surface area (Å²) in [5.74, 6) is 0.885. The van der Waals surface area contributed by atoms with E-state index in [-0.39, 0.29) is 0 Å². The monoisotopic (exact) mass is 278 g/mol. The highest BCUT2D eigenvalue weighted by Gasteiger charge is 2.20. The van der Waals surface area contributed by atoms with Crippen LogP contribution in [0.3, 0.4) is 0 Å². The number of hydrogen-bond acceptors (Lipinski definition) is 2. The summed E-state index contributed by atoms with van der Waals surface area (Å²) in [5, 5.41) is 4.23. The van der Waals surface area contributed by atoms with Crippen LogP contribution in [0.4, 0.5) is 0 Å².